The molecule has 0 spiro atoms. The van der Waals surface area contributed by atoms with E-state index in [-0.39, 0.29) is 18.4 Å². The molecule has 4 heterocycles. The van der Waals surface area contributed by atoms with E-state index in [1.165, 1.54) is 6.20 Å². The molecule has 2 aliphatic heterocycles. The minimum Gasteiger partial charge on any atom is -0.476 e. The van der Waals surface area contributed by atoms with E-state index in [2.05, 4.69) is 10.3 Å². The van der Waals surface area contributed by atoms with Crippen LogP contribution in [-0.2, 0) is 22.5 Å². The molecule has 0 radical (unpaired) electrons. The van der Waals surface area contributed by atoms with Crippen LogP contribution in [0, 0.1) is 0 Å². The van der Waals surface area contributed by atoms with Gasteiger partial charge in [-0.05, 0) is 19.1 Å². The fourth-order valence-corrected chi connectivity index (χ4v) is 4.87. The van der Waals surface area contributed by atoms with Gasteiger partial charge in [0.05, 0.1) is 42.5 Å². The van der Waals surface area contributed by atoms with Crippen LogP contribution in [0.25, 0.3) is 10.9 Å². The van der Waals surface area contributed by atoms with Crippen molar-refractivity contribution in [3.8, 4) is 5.88 Å². The van der Waals surface area contributed by atoms with Crippen molar-refractivity contribution in [2.45, 2.75) is 19.9 Å². The van der Waals surface area contributed by atoms with Crippen LogP contribution in [0.5, 0.6) is 5.88 Å². The Labute approximate surface area is 214 Å². The summed E-state index contributed by atoms with van der Waals surface area (Å²) in [7, 11) is 0. The summed E-state index contributed by atoms with van der Waals surface area (Å²) in [6.07, 6.45) is 2.13. The summed E-state index contributed by atoms with van der Waals surface area (Å²) >= 11 is 6.08. The molecular weight excluding hydrogens is 482 g/mol. The summed E-state index contributed by atoms with van der Waals surface area (Å²) < 4.78 is 11.0. The Kier molecular flexibility index (Phi) is 7.31. The number of morpholine rings is 1. The SMILES string of the molecule is CCOc1ncc(Cl)cc1NC(=O)CN1CCc2nc3ccccc3c(C(=O)N3CCOCC3)c2C1. The molecule has 2 aromatic heterocycles. The number of carbonyl (C=O) groups excluding carboxylic acids is 2. The van der Waals surface area contributed by atoms with Gasteiger partial charge in [0.2, 0.25) is 11.8 Å². The zero-order valence-corrected chi connectivity index (χ0v) is 20.9. The molecule has 0 aliphatic carbocycles. The number of carbonyl (C=O) groups is 2. The van der Waals surface area contributed by atoms with Gasteiger partial charge in [0.25, 0.3) is 5.91 Å². The van der Waals surface area contributed by atoms with Gasteiger partial charge >= 0.3 is 0 Å². The second kappa shape index (κ2) is 10.8. The summed E-state index contributed by atoms with van der Waals surface area (Å²) in [5, 5.41) is 4.11. The van der Waals surface area contributed by atoms with Crippen LogP contribution in [0.1, 0.15) is 28.5 Å². The summed E-state index contributed by atoms with van der Waals surface area (Å²) in [4.78, 5) is 39.6. The number of nitrogens with one attached hydrogen (secondary N) is 1. The number of hydrogen-bond donors (Lipinski definition) is 1. The molecule has 0 atom stereocenters. The predicted molar refractivity (Wildman–Crippen MR) is 136 cm³/mol. The highest BCUT2D eigenvalue weighted by Gasteiger charge is 2.29. The highest BCUT2D eigenvalue weighted by atomic mass is 35.5. The molecule has 0 bridgehead atoms. The molecule has 36 heavy (non-hydrogen) atoms. The molecule has 2 amide bonds. The van der Waals surface area contributed by atoms with Gasteiger partial charge in [-0.2, -0.15) is 0 Å². The standard InChI is InChI=1S/C26H28ClN5O4/c1-2-36-25-22(13-17(27)14-28-25)30-23(33)16-31-8-7-21-19(15-31)24(18-5-3-4-6-20(18)29-21)26(34)32-9-11-35-12-10-32/h3-6,13-14H,2,7-12,15-16H2,1H3,(H,30,33). The molecule has 1 N–H and O–H groups in total. The molecule has 2 aliphatic rings. The Bertz CT molecular complexity index is 1290. The van der Waals surface area contributed by atoms with E-state index in [9.17, 15) is 9.59 Å². The van der Waals surface area contributed by atoms with E-state index < -0.39 is 0 Å². The lowest BCUT2D eigenvalue weighted by Crippen LogP contribution is -2.42. The number of fused-ring (bicyclic) bond motifs is 2. The first kappa shape index (κ1) is 24.4. The number of rotatable bonds is 6. The van der Waals surface area contributed by atoms with Crippen molar-refractivity contribution in [3.05, 3.63) is 58.4 Å². The number of pyridine rings is 2. The molecule has 0 saturated carbocycles. The van der Waals surface area contributed by atoms with Gasteiger partial charge in [-0.25, -0.2) is 4.98 Å². The third kappa shape index (κ3) is 5.13. The molecule has 9 nitrogen and oxygen atoms in total. The van der Waals surface area contributed by atoms with Gasteiger partial charge < -0.3 is 19.7 Å². The fourth-order valence-electron chi connectivity index (χ4n) is 4.71. The lowest BCUT2D eigenvalue weighted by Gasteiger charge is -2.32. The van der Waals surface area contributed by atoms with Crippen LogP contribution in [0.4, 0.5) is 5.69 Å². The number of aromatic nitrogens is 2. The van der Waals surface area contributed by atoms with Crippen molar-refractivity contribution in [2.24, 2.45) is 0 Å². The highest BCUT2D eigenvalue weighted by molar-refractivity contribution is 6.30. The second-order valence-corrected chi connectivity index (χ2v) is 9.22. The molecule has 1 saturated heterocycles. The summed E-state index contributed by atoms with van der Waals surface area (Å²) in [6, 6.07) is 9.38. The largest absolute Gasteiger partial charge is 0.476 e. The number of hydrogen-bond acceptors (Lipinski definition) is 7. The van der Waals surface area contributed by atoms with E-state index in [0.29, 0.717) is 74.6 Å². The highest BCUT2D eigenvalue weighted by Crippen LogP contribution is 2.30. The average Bonchev–Trinajstić information content (AvgIpc) is 2.89. The quantitative estimate of drug-likeness (QED) is 0.545. The van der Waals surface area contributed by atoms with E-state index >= 15 is 0 Å². The topological polar surface area (TPSA) is 96.9 Å². The molecule has 10 heteroatoms. The zero-order valence-electron chi connectivity index (χ0n) is 20.1. The maximum atomic E-state index is 13.7. The number of amides is 2. The lowest BCUT2D eigenvalue weighted by molar-refractivity contribution is -0.117. The fraction of sp³-hybridized carbons (Fsp3) is 0.385. The van der Waals surface area contributed by atoms with Crippen molar-refractivity contribution >= 4 is 40.0 Å². The van der Waals surface area contributed by atoms with E-state index in [4.69, 9.17) is 26.1 Å². The van der Waals surface area contributed by atoms with Crippen LogP contribution in [0.3, 0.4) is 0 Å². The first-order valence-corrected chi connectivity index (χ1v) is 12.5. The number of nitrogens with zero attached hydrogens (tertiary/aromatic N) is 4. The zero-order chi connectivity index (χ0) is 25.1. The van der Waals surface area contributed by atoms with Gasteiger partial charge in [-0.3, -0.25) is 19.5 Å². The molecule has 188 valence electrons. The minimum atomic E-state index is -0.210. The van der Waals surface area contributed by atoms with Crippen LogP contribution in [0.2, 0.25) is 5.02 Å². The van der Waals surface area contributed by atoms with Gasteiger partial charge in [-0.15, -0.1) is 0 Å². The Balaban J connectivity index is 1.39. The Hall–Kier alpha value is -3.27. The molecule has 1 fully saturated rings. The molecule has 1 aromatic carbocycles. The van der Waals surface area contributed by atoms with Crippen molar-refractivity contribution in [3.63, 3.8) is 0 Å². The first-order chi connectivity index (χ1) is 17.5. The van der Waals surface area contributed by atoms with Crippen LogP contribution >= 0.6 is 11.6 Å². The number of ether oxygens (including phenoxy) is 2. The minimum absolute atomic E-state index is 0.00851. The predicted octanol–water partition coefficient (Wildman–Crippen LogP) is 3.15. The molecule has 5 rings (SSSR count). The van der Waals surface area contributed by atoms with Gasteiger partial charge in [0.1, 0.15) is 5.69 Å². The van der Waals surface area contributed by atoms with E-state index in [1.54, 1.807) is 6.07 Å². The Morgan fingerprint density at radius 3 is 2.81 bits per heavy atom. The van der Waals surface area contributed by atoms with Crippen molar-refractivity contribution in [1.82, 2.24) is 19.8 Å². The molecule has 0 unspecified atom stereocenters. The van der Waals surface area contributed by atoms with Crippen molar-refractivity contribution in [2.75, 3.05) is 51.3 Å². The van der Waals surface area contributed by atoms with Crippen molar-refractivity contribution < 1.29 is 19.1 Å². The van der Waals surface area contributed by atoms with Gasteiger partial charge in [0.15, 0.2) is 0 Å². The maximum Gasteiger partial charge on any atom is 0.255 e. The molecule has 3 aromatic rings. The Morgan fingerprint density at radius 1 is 1.19 bits per heavy atom. The summed E-state index contributed by atoms with van der Waals surface area (Å²) in [5.74, 6) is 0.109. The lowest BCUT2D eigenvalue weighted by atomic mass is 9.94. The Morgan fingerprint density at radius 2 is 2.00 bits per heavy atom. The third-order valence-electron chi connectivity index (χ3n) is 6.38. The smallest absolute Gasteiger partial charge is 0.255 e. The first-order valence-electron chi connectivity index (χ1n) is 12.1. The number of benzene rings is 1. The van der Waals surface area contributed by atoms with Crippen LogP contribution < -0.4 is 10.1 Å². The van der Waals surface area contributed by atoms with Gasteiger partial charge in [-0.1, -0.05) is 29.8 Å². The van der Waals surface area contributed by atoms with Crippen LogP contribution in [0.15, 0.2) is 36.5 Å². The normalized spacial score (nSPS) is 16.0. The van der Waals surface area contributed by atoms with E-state index in [0.717, 1.165) is 22.2 Å². The summed E-state index contributed by atoms with van der Waals surface area (Å²) in [6.45, 7) is 5.72. The van der Waals surface area contributed by atoms with Crippen molar-refractivity contribution in [1.29, 1.82) is 0 Å². The third-order valence-corrected chi connectivity index (χ3v) is 6.58. The number of anilines is 1. The van der Waals surface area contributed by atoms with Gasteiger partial charge in [0, 0.05) is 55.4 Å². The second-order valence-electron chi connectivity index (χ2n) is 8.78. The maximum absolute atomic E-state index is 13.7. The molecular formula is C26H28ClN5O4. The number of para-hydroxylation sites is 1. The van der Waals surface area contributed by atoms with E-state index in [1.807, 2.05) is 41.0 Å². The van der Waals surface area contributed by atoms with Crippen LogP contribution in [-0.4, -0.2) is 77.6 Å². The number of halogens is 1. The monoisotopic (exact) mass is 509 g/mol. The average molecular weight is 510 g/mol. The summed E-state index contributed by atoms with van der Waals surface area (Å²) in [5.41, 5.74) is 3.74.